The van der Waals surface area contributed by atoms with Crippen LogP contribution in [0.1, 0.15) is 70.7 Å². The van der Waals surface area contributed by atoms with Gasteiger partial charge >= 0.3 is 0 Å². The van der Waals surface area contributed by atoms with Crippen molar-refractivity contribution in [2.24, 2.45) is 0 Å². The number of aliphatic hydroxyl groups is 1. The Morgan fingerprint density at radius 2 is 1.40 bits per heavy atom. The standard InChI is InChI=1S/C37H35F5N2O4/c38-31-30(32(39)34(41)35(42)33(31)40)36(46)43-19-26-6-2-3-7-28(26)23-12-14-25(15-13-23)37-47-27(20-44-16-4-1-5-17-44)18-29(48-37)24-10-8-22(21-45)9-11-24/h2-3,6-15,27,29,37,45H,1,4-5,16-21H2,(H,43,46). The predicted molar refractivity (Wildman–Crippen MR) is 168 cm³/mol. The van der Waals surface area contributed by atoms with Gasteiger partial charge in [-0.15, -0.1) is 0 Å². The third-order valence-electron chi connectivity index (χ3n) is 8.91. The van der Waals surface area contributed by atoms with E-state index in [9.17, 15) is 31.9 Å². The fourth-order valence-electron chi connectivity index (χ4n) is 6.31. The lowest BCUT2D eigenvalue weighted by Crippen LogP contribution is -2.41. The van der Waals surface area contributed by atoms with Gasteiger partial charge in [-0.1, -0.05) is 79.2 Å². The Kier molecular flexibility index (Phi) is 10.5. The fraction of sp³-hybridized carbons (Fsp3) is 0.324. The molecule has 4 aromatic rings. The fourth-order valence-corrected chi connectivity index (χ4v) is 6.31. The van der Waals surface area contributed by atoms with Crippen molar-refractivity contribution in [1.29, 1.82) is 0 Å². The van der Waals surface area contributed by atoms with Crippen LogP contribution in [0.25, 0.3) is 11.1 Å². The highest BCUT2D eigenvalue weighted by atomic mass is 19.2. The van der Waals surface area contributed by atoms with Crippen molar-refractivity contribution in [2.75, 3.05) is 19.6 Å². The molecule has 0 aromatic heterocycles. The van der Waals surface area contributed by atoms with Crippen LogP contribution < -0.4 is 5.32 Å². The second-order valence-corrected chi connectivity index (χ2v) is 12.1. The molecule has 4 aromatic carbocycles. The van der Waals surface area contributed by atoms with Crippen LogP contribution in [-0.4, -0.2) is 41.7 Å². The Labute approximate surface area is 275 Å². The lowest BCUT2D eigenvalue weighted by molar-refractivity contribution is -0.253. The van der Waals surface area contributed by atoms with Gasteiger partial charge in [0.2, 0.25) is 5.82 Å². The number of amides is 1. The second kappa shape index (κ2) is 14.9. The van der Waals surface area contributed by atoms with E-state index in [0.29, 0.717) is 17.5 Å². The first-order valence-corrected chi connectivity index (χ1v) is 15.9. The Morgan fingerprint density at radius 1 is 0.771 bits per heavy atom. The number of likely N-dealkylation sites (tertiary alicyclic amines) is 1. The molecule has 252 valence electrons. The van der Waals surface area contributed by atoms with E-state index < -0.39 is 46.8 Å². The van der Waals surface area contributed by atoms with Gasteiger partial charge in [0.25, 0.3) is 5.91 Å². The number of hydrogen-bond acceptors (Lipinski definition) is 5. The van der Waals surface area contributed by atoms with E-state index >= 15 is 0 Å². The van der Waals surface area contributed by atoms with E-state index in [-0.39, 0.29) is 25.4 Å². The maximum atomic E-state index is 14.2. The van der Waals surface area contributed by atoms with E-state index in [1.165, 1.54) is 19.3 Å². The molecule has 0 bridgehead atoms. The van der Waals surface area contributed by atoms with Crippen molar-refractivity contribution in [1.82, 2.24) is 10.2 Å². The summed E-state index contributed by atoms with van der Waals surface area (Å²) in [6.07, 6.45) is 3.35. The highest BCUT2D eigenvalue weighted by Gasteiger charge is 2.34. The minimum atomic E-state index is -2.33. The third kappa shape index (κ3) is 7.29. The molecule has 2 N–H and O–H groups in total. The summed E-state index contributed by atoms with van der Waals surface area (Å²) in [6.45, 7) is 2.60. The molecule has 48 heavy (non-hydrogen) atoms. The van der Waals surface area contributed by atoms with Crippen LogP contribution in [0.5, 0.6) is 0 Å². The highest BCUT2D eigenvalue weighted by molar-refractivity contribution is 5.95. The molecule has 0 radical (unpaired) electrons. The van der Waals surface area contributed by atoms with Crippen LogP contribution in [0.4, 0.5) is 22.0 Å². The number of rotatable bonds is 9. The van der Waals surface area contributed by atoms with E-state index in [1.54, 1.807) is 24.3 Å². The van der Waals surface area contributed by atoms with Gasteiger partial charge in [-0.3, -0.25) is 4.79 Å². The second-order valence-electron chi connectivity index (χ2n) is 12.1. The number of nitrogens with one attached hydrogen (secondary N) is 1. The average Bonchev–Trinajstić information content (AvgIpc) is 3.13. The van der Waals surface area contributed by atoms with Crippen LogP contribution in [0, 0.1) is 29.1 Å². The summed E-state index contributed by atoms with van der Waals surface area (Å²) in [4.78, 5) is 15.0. The Morgan fingerprint density at radius 3 is 2.06 bits per heavy atom. The molecule has 11 heteroatoms. The van der Waals surface area contributed by atoms with Crippen LogP contribution in [0.15, 0.2) is 72.8 Å². The lowest BCUT2D eigenvalue weighted by atomic mass is 9.97. The zero-order valence-electron chi connectivity index (χ0n) is 26.0. The van der Waals surface area contributed by atoms with Gasteiger partial charge in [-0.2, -0.15) is 0 Å². The summed E-state index contributed by atoms with van der Waals surface area (Å²) in [5.74, 6) is -12.5. The minimum Gasteiger partial charge on any atom is -0.392 e. The number of halogens is 5. The predicted octanol–water partition coefficient (Wildman–Crippen LogP) is 7.50. The first-order chi connectivity index (χ1) is 23.2. The van der Waals surface area contributed by atoms with Crippen molar-refractivity contribution in [2.45, 2.75) is 57.3 Å². The summed E-state index contributed by atoms with van der Waals surface area (Å²) in [7, 11) is 0. The third-order valence-corrected chi connectivity index (χ3v) is 8.91. The molecule has 2 aliphatic heterocycles. The molecule has 2 saturated heterocycles. The van der Waals surface area contributed by atoms with Crippen molar-refractivity contribution < 1.29 is 41.3 Å². The summed E-state index contributed by atoms with van der Waals surface area (Å²) >= 11 is 0. The largest absolute Gasteiger partial charge is 0.392 e. The van der Waals surface area contributed by atoms with E-state index in [1.807, 2.05) is 48.5 Å². The Balaban J connectivity index is 1.19. The molecule has 3 unspecified atom stereocenters. The molecule has 0 aliphatic carbocycles. The Bertz CT molecular complexity index is 1720. The highest BCUT2D eigenvalue weighted by Crippen LogP contribution is 2.39. The number of ether oxygens (including phenoxy) is 2. The SMILES string of the molecule is O=C(NCc1ccccc1-c1ccc(C2OC(CN3CCCCC3)CC(c3ccc(CO)cc3)O2)cc1)c1c(F)c(F)c(F)c(F)c1F. The first-order valence-electron chi connectivity index (χ1n) is 15.9. The Hall–Kier alpha value is -4.16. The summed E-state index contributed by atoms with van der Waals surface area (Å²) in [5.41, 5.74) is 3.09. The number of piperidine rings is 1. The van der Waals surface area contributed by atoms with Crippen LogP contribution in [-0.2, 0) is 22.6 Å². The van der Waals surface area contributed by atoms with Gasteiger partial charge in [0.15, 0.2) is 29.6 Å². The number of carbonyl (C=O) groups excluding carboxylic acids is 1. The maximum absolute atomic E-state index is 14.2. The molecule has 2 aliphatic rings. The zero-order chi connectivity index (χ0) is 33.8. The lowest BCUT2D eigenvalue weighted by Gasteiger charge is -2.39. The van der Waals surface area contributed by atoms with Crippen molar-refractivity contribution in [3.05, 3.63) is 130 Å². The molecule has 0 spiro atoms. The number of nitrogens with zero attached hydrogens (tertiary/aromatic N) is 1. The molecule has 0 saturated carbocycles. The van der Waals surface area contributed by atoms with Crippen molar-refractivity contribution in [3.8, 4) is 11.1 Å². The van der Waals surface area contributed by atoms with Crippen LogP contribution in [0.2, 0.25) is 0 Å². The van der Waals surface area contributed by atoms with Gasteiger partial charge < -0.3 is 24.8 Å². The number of hydrogen-bond donors (Lipinski definition) is 2. The molecular weight excluding hydrogens is 631 g/mol. The van der Waals surface area contributed by atoms with E-state index in [2.05, 4.69) is 10.2 Å². The normalized spacial score (nSPS) is 20.1. The zero-order valence-corrected chi connectivity index (χ0v) is 26.0. The molecule has 6 rings (SSSR count). The number of benzene rings is 4. The van der Waals surface area contributed by atoms with Crippen molar-refractivity contribution in [3.63, 3.8) is 0 Å². The van der Waals surface area contributed by atoms with Crippen molar-refractivity contribution >= 4 is 5.91 Å². The smallest absolute Gasteiger partial charge is 0.257 e. The molecule has 1 amide bonds. The number of aliphatic hydroxyl groups excluding tert-OH is 1. The summed E-state index contributed by atoms with van der Waals surface area (Å²) in [5, 5.41) is 11.8. The molecule has 6 nitrogen and oxygen atoms in total. The number of carbonyl (C=O) groups is 1. The monoisotopic (exact) mass is 666 g/mol. The quantitative estimate of drug-likeness (QED) is 0.110. The molecule has 2 fully saturated rings. The molecular formula is C37H35F5N2O4. The summed E-state index contributed by atoms with van der Waals surface area (Å²) < 4.78 is 82.2. The molecule has 2 heterocycles. The summed E-state index contributed by atoms with van der Waals surface area (Å²) in [6, 6.07) is 22.2. The van der Waals surface area contributed by atoms with Crippen LogP contribution in [0.3, 0.4) is 0 Å². The molecule has 3 atom stereocenters. The van der Waals surface area contributed by atoms with Gasteiger partial charge in [0, 0.05) is 25.1 Å². The van der Waals surface area contributed by atoms with Gasteiger partial charge in [-0.05, 0) is 53.7 Å². The topological polar surface area (TPSA) is 71.0 Å². The first kappa shape index (κ1) is 33.7. The van der Waals surface area contributed by atoms with Crippen LogP contribution >= 0.6 is 0 Å². The van der Waals surface area contributed by atoms with Gasteiger partial charge in [-0.25, -0.2) is 22.0 Å². The van der Waals surface area contributed by atoms with E-state index in [4.69, 9.17) is 9.47 Å². The van der Waals surface area contributed by atoms with Gasteiger partial charge in [0.05, 0.1) is 18.8 Å². The van der Waals surface area contributed by atoms with Gasteiger partial charge in [0.1, 0.15) is 5.56 Å². The van der Waals surface area contributed by atoms with E-state index in [0.717, 1.165) is 41.9 Å². The average molecular weight is 667 g/mol. The minimum absolute atomic E-state index is 0.0394. The maximum Gasteiger partial charge on any atom is 0.257 e.